The summed E-state index contributed by atoms with van der Waals surface area (Å²) in [6, 6.07) is 17.2. The fourth-order valence-electron chi connectivity index (χ4n) is 2.55. The fraction of sp³-hybridized carbons (Fsp3) is 0.100. The van der Waals surface area contributed by atoms with Gasteiger partial charge in [0.25, 0.3) is 11.6 Å². The van der Waals surface area contributed by atoms with Crippen LogP contribution in [0.1, 0.15) is 21.6 Å². The molecule has 0 radical (unpaired) electrons. The second-order valence-electron chi connectivity index (χ2n) is 5.95. The number of hydrogen-bond acceptors (Lipinski definition) is 4. The van der Waals surface area contributed by atoms with Gasteiger partial charge >= 0.3 is 0 Å². The summed E-state index contributed by atoms with van der Waals surface area (Å²) < 4.78 is 0. The largest absolute Gasteiger partial charge is 0.322 e. The zero-order valence-corrected chi connectivity index (χ0v) is 14.4. The van der Waals surface area contributed by atoms with E-state index in [-0.39, 0.29) is 11.6 Å². The van der Waals surface area contributed by atoms with Crippen molar-refractivity contribution < 1.29 is 9.72 Å². The molecule has 6 nitrogen and oxygen atoms in total. The molecule has 2 aromatic carbocycles. The predicted octanol–water partition coefficient (Wildman–Crippen LogP) is 4.53. The van der Waals surface area contributed by atoms with Crippen LogP contribution >= 0.6 is 0 Å². The second kappa shape index (κ2) is 7.14. The first kappa shape index (κ1) is 17.3. The fourth-order valence-corrected chi connectivity index (χ4v) is 2.55. The number of nitrogens with zero attached hydrogens (tertiary/aromatic N) is 2. The van der Waals surface area contributed by atoms with Gasteiger partial charge in [0.15, 0.2) is 0 Å². The van der Waals surface area contributed by atoms with Crippen LogP contribution in [0.2, 0.25) is 0 Å². The smallest absolute Gasteiger partial charge is 0.269 e. The molecule has 0 unspecified atom stereocenters. The van der Waals surface area contributed by atoms with E-state index in [2.05, 4.69) is 10.3 Å². The number of nitrogens with one attached hydrogen (secondary N) is 1. The zero-order chi connectivity index (χ0) is 18.7. The molecule has 0 saturated carbocycles. The lowest BCUT2D eigenvalue weighted by Crippen LogP contribution is -2.14. The van der Waals surface area contributed by atoms with Crippen LogP contribution in [-0.4, -0.2) is 15.8 Å². The average molecular weight is 347 g/mol. The molecule has 1 aromatic heterocycles. The van der Waals surface area contributed by atoms with Crippen molar-refractivity contribution in [1.29, 1.82) is 0 Å². The van der Waals surface area contributed by atoms with Crippen molar-refractivity contribution >= 4 is 17.3 Å². The van der Waals surface area contributed by atoms with Gasteiger partial charge in [0, 0.05) is 23.4 Å². The maximum absolute atomic E-state index is 12.5. The molecule has 130 valence electrons. The Labute approximate surface area is 150 Å². The summed E-state index contributed by atoms with van der Waals surface area (Å²) in [7, 11) is 0. The molecule has 26 heavy (non-hydrogen) atoms. The highest BCUT2D eigenvalue weighted by atomic mass is 16.6. The number of aromatic nitrogens is 1. The molecule has 1 heterocycles. The summed E-state index contributed by atoms with van der Waals surface area (Å²) in [6.45, 7) is 3.75. The lowest BCUT2D eigenvalue weighted by atomic mass is 10.1. The maximum atomic E-state index is 12.5. The summed E-state index contributed by atoms with van der Waals surface area (Å²) in [6.07, 6.45) is 0. The third-order valence-corrected chi connectivity index (χ3v) is 4.01. The van der Waals surface area contributed by atoms with Crippen LogP contribution in [0.3, 0.4) is 0 Å². The van der Waals surface area contributed by atoms with E-state index in [0.29, 0.717) is 17.0 Å². The van der Waals surface area contributed by atoms with Crippen molar-refractivity contribution in [2.45, 2.75) is 13.8 Å². The minimum absolute atomic E-state index is 0.0274. The van der Waals surface area contributed by atoms with Crippen molar-refractivity contribution in [3.8, 4) is 11.3 Å². The summed E-state index contributed by atoms with van der Waals surface area (Å²) in [5.74, 6) is -0.228. The Bertz CT molecular complexity index is 965. The van der Waals surface area contributed by atoms with Gasteiger partial charge in [0.2, 0.25) is 0 Å². The Hall–Kier alpha value is -3.54. The van der Waals surface area contributed by atoms with E-state index in [0.717, 1.165) is 16.8 Å². The number of hydrogen-bond donors (Lipinski definition) is 1. The first-order valence-electron chi connectivity index (χ1n) is 8.04. The Morgan fingerprint density at radius 1 is 0.962 bits per heavy atom. The van der Waals surface area contributed by atoms with Gasteiger partial charge in [0.05, 0.1) is 21.9 Å². The molecule has 0 atom stereocenters. The van der Waals surface area contributed by atoms with Gasteiger partial charge in [-0.05, 0) is 50.2 Å². The number of benzene rings is 2. The number of aryl methyl sites for hydroxylation is 2. The van der Waals surface area contributed by atoms with Gasteiger partial charge < -0.3 is 5.32 Å². The van der Waals surface area contributed by atoms with Gasteiger partial charge in [0.1, 0.15) is 0 Å². The molecular formula is C20H17N3O3. The topological polar surface area (TPSA) is 85.1 Å². The number of rotatable bonds is 4. The molecule has 0 fully saturated rings. The lowest BCUT2D eigenvalue weighted by Gasteiger charge is -2.09. The Kier molecular flexibility index (Phi) is 4.75. The first-order chi connectivity index (χ1) is 12.4. The summed E-state index contributed by atoms with van der Waals surface area (Å²) in [4.78, 5) is 27.2. The highest BCUT2D eigenvalue weighted by Crippen LogP contribution is 2.22. The normalized spacial score (nSPS) is 10.4. The van der Waals surface area contributed by atoms with Crippen molar-refractivity contribution in [1.82, 2.24) is 4.98 Å². The number of anilines is 1. The molecule has 0 spiro atoms. The van der Waals surface area contributed by atoms with Crippen LogP contribution in [0, 0.1) is 24.0 Å². The Morgan fingerprint density at radius 3 is 2.19 bits per heavy atom. The number of non-ortho nitro benzene ring substituents is 1. The van der Waals surface area contributed by atoms with E-state index >= 15 is 0 Å². The van der Waals surface area contributed by atoms with Crippen LogP contribution in [0.15, 0.2) is 60.7 Å². The van der Waals surface area contributed by atoms with Gasteiger partial charge in [-0.3, -0.25) is 19.9 Å². The Balaban J connectivity index is 1.81. The summed E-state index contributed by atoms with van der Waals surface area (Å²) in [5, 5.41) is 13.6. The minimum Gasteiger partial charge on any atom is -0.322 e. The third-order valence-electron chi connectivity index (χ3n) is 4.01. The highest BCUT2D eigenvalue weighted by Gasteiger charge is 2.12. The molecule has 0 aliphatic carbocycles. The third kappa shape index (κ3) is 3.75. The molecule has 3 aromatic rings. The second-order valence-corrected chi connectivity index (χ2v) is 5.95. The van der Waals surface area contributed by atoms with Crippen molar-refractivity contribution in [2.24, 2.45) is 0 Å². The molecule has 1 amide bonds. The van der Waals surface area contributed by atoms with Crippen molar-refractivity contribution in [3.05, 3.63) is 87.6 Å². The van der Waals surface area contributed by atoms with E-state index in [4.69, 9.17) is 0 Å². The molecule has 3 rings (SSSR count). The molecule has 0 aliphatic heterocycles. The molecule has 0 aliphatic rings. The SMILES string of the molecule is Cc1ccc(NC(=O)c2ccc(-c3ccc([N+](=O)[O-])cc3)nc2C)cc1. The number of nitro benzene ring substituents is 1. The van der Waals surface area contributed by atoms with E-state index < -0.39 is 4.92 Å². The minimum atomic E-state index is -0.443. The van der Waals surface area contributed by atoms with Crippen LogP contribution in [0.4, 0.5) is 11.4 Å². The quantitative estimate of drug-likeness (QED) is 0.555. The number of carbonyl (C=O) groups excluding carboxylic acids is 1. The molecular weight excluding hydrogens is 330 g/mol. The first-order valence-corrected chi connectivity index (χ1v) is 8.04. The number of nitro groups is 1. The van der Waals surface area contributed by atoms with Crippen molar-refractivity contribution in [3.63, 3.8) is 0 Å². The van der Waals surface area contributed by atoms with Gasteiger partial charge in [-0.25, -0.2) is 0 Å². The maximum Gasteiger partial charge on any atom is 0.269 e. The Morgan fingerprint density at radius 2 is 1.62 bits per heavy atom. The standard InChI is InChI=1S/C20H17N3O3/c1-13-3-7-16(8-4-13)22-20(24)18-11-12-19(21-14(18)2)15-5-9-17(10-6-15)23(25)26/h3-12H,1-2H3,(H,22,24). The van der Waals surface area contributed by atoms with Crippen molar-refractivity contribution in [2.75, 3.05) is 5.32 Å². The van der Waals surface area contributed by atoms with E-state index in [1.165, 1.54) is 12.1 Å². The van der Waals surface area contributed by atoms with Crippen LogP contribution < -0.4 is 5.32 Å². The molecule has 6 heteroatoms. The summed E-state index contributed by atoms with van der Waals surface area (Å²) >= 11 is 0. The lowest BCUT2D eigenvalue weighted by molar-refractivity contribution is -0.384. The van der Waals surface area contributed by atoms with Crippen LogP contribution in [0.25, 0.3) is 11.3 Å². The predicted molar refractivity (Wildman–Crippen MR) is 100 cm³/mol. The molecule has 0 saturated heterocycles. The number of amides is 1. The van der Waals surface area contributed by atoms with E-state index in [1.54, 1.807) is 31.2 Å². The van der Waals surface area contributed by atoms with Gasteiger partial charge in [-0.2, -0.15) is 0 Å². The molecule has 0 bridgehead atoms. The monoisotopic (exact) mass is 347 g/mol. The average Bonchev–Trinajstić information content (AvgIpc) is 2.63. The number of pyridine rings is 1. The number of carbonyl (C=O) groups is 1. The summed E-state index contributed by atoms with van der Waals surface area (Å²) in [5.41, 5.74) is 4.35. The van der Waals surface area contributed by atoms with E-state index in [1.807, 2.05) is 31.2 Å². The molecule has 1 N–H and O–H groups in total. The van der Waals surface area contributed by atoms with Gasteiger partial charge in [-0.1, -0.05) is 17.7 Å². The van der Waals surface area contributed by atoms with Crippen LogP contribution in [-0.2, 0) is 0 Å². The zero-order valence-electron chi connectivity index (χ0n) is 14.4. The van der Waals surface area contributed by atoms with E-state index in [9.17, 15) is 14.9 Å². The highest BCUT2D eigenvalue weighted by molar-refractivity contribution is 6.05. The van der Waals surface area contributed by atoms with Crippen LogP contribution in [0.5, 0.6) is 0 Å². The van der Waals surface area contributed by atoms with Gasteiger partial charge in [-0.15, -0.1) is 0 Å².